The van der Waals surface area contributed by atoms with Crippen LogP contribution in [0.2, 0.25) is 0 Å². The number of carbonyl (C=O) groups excluding carboxylic acids is 3. The highest BCUT2D eigenvalue weighted by atomic mass is 19.4. The van der Waals surface area contributed by atoms with Crippen LogP contribution in [0.3, 0.4) is 0 Å². The molecular formula is C32H37F3N4O5. The second-order valence-electron chi connectivity index (χ2n) is 11.5. The van der Waals surface area contributed by atoms with Gasteiger partial charge >= 0.3 is 12.3 Å². The minimum absolute atomic E-state index is 0.00287. The number of amides is 2. The fraction of sp³-hybridized carbons (Fsp3) is 0.406. The van der Waals surface area contributed by atoms with Gasteiger partial charge in [-0.1, -0.05) is 71.0 Å². The summed E-state index contributed by atoms with van der Waals surface area (Å²) >= 11 is 0. The third-order valence-corrected chi connectivity index (χ3v) is 6.88. The van der Waals surface area contributed by atoms with Crippen molar-refractivity contribution in [2.45, 2.75) is 78.2 Å². The minimum atomic E-state index is -4.48. The van der Waals surface area contributed by atoms with Gasteiger partial charge in [0.15, 0.2) is 0 Å². The Morgan fingerprint density at radius 1 is 0.977 bits per heavy atom. The van der Waals surface area contributed by atoms with Crippen molar-refractivity contribution in [3.63, 3.8) is 0 Å². The van der Waals surface area contributed by atoms with Crippen LogP contribution in [0.15, 0.2) is 71.2 Å². The van der Waals surface area contributed by atoms with Crippen molar-refractivity contribution in [1.82, 2.24) is 20.8 Å². The average molecular weight is 615 g/mol. The lowest BCUT2D eigenvalue weighted by Crippen LogP contribution is -2.50. The number of Topliss-reactive ketones (excluding diaryl/α,β-unsaturated/α-hetero) is 1. The molecule has 0 aliphatic rings. The van der Waals surface area contributed by atoms with Gasteiger partial charge in [0.25, 0.3) is 5.91 Å². The number of hydrogen-bond donors (Lipinski definition) is 2. The van der Waals surface area contributed by atoms with Crippen molar-refractivity contribution in [1.29, 1.82) is 0 Å². The summed E-state index contributed by atoms with van der Waals surface area (Å²) in [5.41, 5.74) is -0.000977. The molecule has 1 aromatic heterocycles. The van der Waals surface area contributed by atoms with Crippen LogP contribution < -0.4 is 10.6 Å². The predicted molar refractivity (Wildman–Crippen MR) is 157 cm³/mol. The van der Waals surface area contributed by atoms with E-state index in [1.165, 1.54) is 12.1 Å². The summed E-state index contributed by atoms with van der Waals surface area (Å²) in [5.74, 6) is -1.67. The van der Waals surface area contributed by atoms with Crippen LogP contribution >= 0.6 is 0 Å². The minimum Gasteiger partial charge on any atom is -0.445 e. The smallest absolute Gasteiger partial charge is 0.416 e. The van der Waals surface area contributed by atoms with E-state index in [1.54, 1.807) is 6.92 Å². The highest BCUT2D eigenvalue weighted by Crippen LogP contribution is 2.31. The van der Waals surface area contributed by atoms with E-state index in [-0.39, 0.29) is 18.2 Å². The number of rotatable bonds is 12. The number of ketones is 1. The highest BCUT2D eigenvalue weighted by Gasteiger charge is 2.35. The first-order valence-corrected chi connectivity index (χ1v) is 14.1. The monoisotopic (exact) mass is 614 g/mol. The highest BCUT2D eigenvalue weighted by molar-refractivity contribution is 6.39. The number of hydrogen-bond acceptors (Lipinski definition) is 7. The number of nitrogens with one attached hydrogen (secondary N) is 2. The average Bonchev–Trinajstić information content (AvgIpc) is 3.43. The molecule has 0 unspecified atom stereocenters. The van der Waals surface area contributed by atoms with Gasteiger partial charge in [0.2, 0.25) is 17.6 Å². The Morgan fingerprint density at radius 3 is 2.18 bits per heavy atom. The molecule has 1 heterocycles. The summed E-state index contributed by atoms with van der Waals surface area (Å²) in [7, 11) is 0. The fourth-order valence-electron chi connectivity index (χ4n) is 4.26. The third kappa shape index (κ3) is 9.26. The number of halogens is 3. The number of alkyl carbamates (subject to hydrolysis) is 1. The van der Waals surface area contributed by atoms with E-state index < -0.39 is 53.1 Å². The molecule has 9 nitrogen and oxygen atoms in total. The summed E-state index contributed by atoms with van der Waals surface area (Å²) in [6, 6.07) is 11.6. The standard InChI is InChI=1S/C32H37F3N4O5/c1-7-11-19(2)26(27(40)28(41)36-20(3)21-12-9-8-10-13-21)37-30(42)43-24(31(4,5)6)18-25-38-39-29(44-25)22-14-16-23(17-15-22)32(33,34)35/h8-10,12-17,20,24,26H,2,7,11,18H2,1,3-6H3,(H,36,41)(H,37,42)/t20-,24+,26+/m1/s1. The summed E-state index contributed by atoms with van der Waals surface area (Å²) in [4.78, 5) is 39.2. The topological polar surface area (TPSA) is 123 Å². The van der Waals surface area contributed by atoms with Crippen molar-refractivity contribution in [3.05, 3.63) is 83.8 Å². The van der Waals surface area contributed by atoms with Crippen LogP contribution in [0.5, 0.6) is 0 Å². The van der Waals surface area contributed by atoms with E-state index >= 15 is 0 Å². The van der Waals surface area contributed by atoms with E-state index in [2.05, 4.69) is 27.4 Å². The summed E-state index contributed by atoms with van der Waals surface area (Å²) < 4.78 is 50.1. The molecule has 0 saturated carbocycles. The van der Waals surface area contributed by atoms with Crippen molar-refractivity contribution in [2.24, 2.45) is 5.41 Å². The maximum atomic E-state index is 13.2. The molecule has 2 N–H and O–H groups in total. The first kappa shape index (κ1) is 34.0. The van der Waals surface area contributed by atoms with E-state index in [0.29, 0.717) is 24.0 Å². The molecule has 3 atom stereocenters. The summed E-state index contributed by atoms with van der Waals surface area (Å²) in [6.07, 6.45) is -5.26. The van der Waals surface area contributed by atoms with Gasteiger partial charge in [0.05, 0.1) is 18.0 Å². The molecule has 0 aliphatic carbocycles. The van der Waals surface area contributed by atoms with Crippen molar-refractivity contribution < 1.29 is 36.7 Å². The van der Waals surface area contributed by atoms with E-state index in [0.717, 1.165) is 17.7 Å². The maximum Gasteiger partial charge on any atom is 0.416 e. The largest absolute Gasteiger partial charge is 0.445 e. The lowest BCUT2D eigenvalue weighted by atomic mass is 9.87. The van der Waals surface area contributed by atoms with Crippen LogP contribution in [0.1, 0.15) is 70.5 Å². The van der Waals surface area contributed by atoms with Gasteiger partial charge in [0, 0.05) is 5.56 Å². The summed E-state index contributed by atoms with van der Waals surface area (Å²) in [6.45, 7) is 13.0. The second kappa shape index (κ2) is 14.3. The van der Waals surface area contributed by atoms with Gasteiger partial charge in [-0.15, -0.1) is 10.2 Å². The molecule has 3 aromatic rings. The van der Waals surface area contributed by atoms with Crippen LogP contribution in [0.4, 0.5) is 18.0 Å². The number of aromatic nitrogens is 2. The molecule has 2 amide bonds. The zero-order valence-electron chi connectivity index (χ0n) is 25.3. The maximum absolute atomic E-state index is 13.2. The number of ether oxygens (including phenoxy) is 1. The lowest BCUT2D eigenvalue weighted by molar-refractivity contribution is -0.139. The molecule has 3 rings (SSSR count). The van der Waals surface area contributed by atoms with Crippen molar-refractivity contribution in [2.75, 3.05) is 0 Å². The molecule has 44 heavy (non-hydrogen) atoms. The Hall–Kier alpha value is -4.48. The molecule has 0 fully saturated rings. The number of nitrogens with zero attached hydrogens (tertiary/aromatic N) is 2. The molecular weight excluding hydrogens is 577 g/mol. The zero-order chi connectivity index (χ0) is 32.7. The first-order valence-electron chi connectivity index (χ1n) is 14.1. The quantitative estimate of drug-likeness (QED) is 0.174. The van der Waals surface area contributed by atoms with Gasteiger partial charge in [-0.3, -0.25) is 9.59 Å². The van der Waals surface area contributed by atoms with E-state index in [9.17, 15) is 27.6 Å². The Morgan fingerprint density at radius 2 is 1.61 bits per heavy atom. The van der Waals surface area contributed by atoms with Crippen LogP contribution in [0.25, 0.3) is 11.5 Å². The molecule has 0 aliphatic heterocycles. The molecule has 12 heteroatoms. The molecule has 0 saturated heterocycles. The van der Waals surface area contributed by atoms with Crippen LogP contribution in [-0.2, 0) is 26.9 Å². The molecule has 0 bridgehead atoms. The fourth-order valence-corrected chi connectivity index (χ4v) is 4.26. The predicted octanol–water partition coefficient (Wildman–Crippen LogP) is 6.61. The number of alkyl halides is 3. The van der Waals surface area contributed by atoms with Crippen molar-refractivity contribution >= 4 is 17.8 Å². The lowest BCUT2D eigenvalue weighted by Gasteiger charge is -2.30. The Bertz CT molecular complexity index is 1450. The molecule has 0 spiro atoms. The van der Waals surface area contributed by atoms with Gasteiger partial charge in [0.1, 0.15) is 12.1 Å². The van der Waals surface area contributed by atoms with Crippen molar-refractivity contribution in [3.8, 4) is 11.5 Å². The van der Waals surface area contributed by atoms with Gasteiger partial charge in [-0.25, -0.2) is 4.79 Å². The zero-order valence-corrected chi connectivity index (χ0v) is 25.3. The molecule has 236 valence electrons. The number of carbonyl (C=O) groups is 3. The Kier molecular flexibility index (Phi) is 11.1. The molecule has 0 radical (unpaired) electrons. The van der Waals surface area contributed by atoms with Gasteiger partial charge < -0.3 is 19.8 Å². The first-order chi connectivity index (χ1) is 20.6. The second-order valence-corrected chi connectivity index (χ2v) is 11.5. The van der Waals surface area contributed by atoms with Gasteiger partial charge in [-0.05, 0) is 54.2 Å². The van der Waals surface area contributed by atoms with E-state index in [4.69, 9.17) is 9.15 Å². The normalized spacial score (nSPS) is 13.8. The Balaban J connectivity index is 1.71. The van der Waals surface area contributed by atoms with Crippen LogP contribution in [-0.4, -0.2) is 40.1 Å². The summed E-state index contributed by atoms with van der Waals surface area (Å²) in [5, 5.41) is 13.1. The SMILES string of the molecule is C=C(CCC)[C@H](NC(=O)O[C@@H](Cc1nnc(-c2ccc(C(F)(F)F)cc2)o1)C(C)(C)C)C(=O)C(=O)N[C@H](C)c1ccccc1. The Labute approximate surface area is 254 Å². The molecule has 2 aromatic carbocycles. The third-order valence-electron chi connectivity index (χ3n) is 6.88. The van der Waals surface area contributed by atoms with E-state index in [1.807, 2.05) is 58.0 Å². The van der Waals surface area contributed by atoms with Crippen LogP contribution in [0, 0.1) is 5.41 Å². The van der Waals surface area contributed by atoms with Gasteiger partial charge in [-0.2, -0.15) is 13.2 Å². The number of benzene rings is 2.